The number of hydrogen-bond donors (Lipinski definition) is 0. The van der Waals surface area contributed by atoms with Crippen LogP contribution in [0, 0.1) is 6.92 Å². The Bertz CT molecular complexity index is 1440. The first kappa shape index (κ1) is 24.1. The van der Waals surface area contributed by atoms with Crippen LogP contribution in [0.4, 0.5) is 11.4 Å². The quantitative estimate of drug-likeness (QED) is 0.226. The number of rotatable bonds is 6. The number of carbonyl (C=O) groups is 1. The van der Waals surface area contributed by atoms with Crippen molar-refractivity contribution in [2.75, 3.05) is 4.90 Å². The molecule has 4 aromatic rings. The molecule has 0 spiro atoms. The van der Waals surface area contributed by atoms with E-state index >= 15 is 0 Å². The molecule has 178 valence electrons. The second-order valence-electron chi connectivity index (χ2n) is 8.27. The molecule has 1 fully saturated rings. The highest BCUT2D eigenvalue weighted by molar-refractivity contribution is 9.10. The predicted octanol–water partition coefficient (Wildman–Crippen LogP) is 8.15. The van der Waals surface area contributed by atoms with Gasteiger partial charge in [-0.1, -0.05) is 82.2 Å². The molecule has 0 bridgehead atoms. The van der Waals surface area contributed by atoms with Crippen molar-refractivity contribution >= 4 is 56.2 Å². The van der Waals surface area contributed by atoms with Crippen molar-refractivity contribution in [1.82, 2.24) is 0 Å². The standard InChI is InChI=1S/C30H23BrN2O2S/c1-21-12-14-22(15-13-21)20-35-27-17-16-24(31)18-23(27)19-28-29(34)33(26-10-6-3-7-11-26)30(36-28)32-25-8-4-2-5-9-25/h2-19H,20H2,1H3/b28-19+,32-30?. The summed E-state index contributed by atoms with van der Waals surface area (Å²) in [5.41, 5.74) is 4.68. The summed E-state index contributed by atoms with van der Waals surface area (Å²) in [4.78, 5) is 20.6. The van der Waals surface area contributed by atoms with Crippen LogP contribution in [0.15, 0.2) is 117 Å². The van der Waals surface area contributed by atoms with Gasteiger partial charge in [-0.15, -0.1) is 0 Å². The number of benzene rings is 4. The van der Waals surface area contributed by atoms with Crippen molar-refractivity contribution in [3.8, 4) is 5.75 Å². The maximum atomic E-state index is 13.6. The Kier molecular flexibility index (Phi) is 7.35. The zero-order valence-electron chi connectivity index (χ0n) is 19.6. The fraction of sp³-hybridized carbons (Fsp3) is 0.0667. The number of para-hydroxylation sites is 2. The molecule has 36 heavy (non-hydrogen) atoms. The molecule has 5 rings (SSSR count). The fourth-order valence-electron chi connectivity index (χ4n) is 3.72. The summed E-state index contributed by atoms with van der Waals surface area (Å²) in [7, 11) is 0. The topological polar surface area (TPSA) is 41.9 Å². The molecule has 1 aliphatic rings. The minimum Gasteiger partial charge on any atom is -0.488 e. The van der Waals surface area contributed by atoms with E-state index in [0.29, 0.717) is 22.4 Å². The van der Waals surface area contributed by atoms with Crippen molar-refractivity contribution in [3.63, 3.8) is 0 Å². The number of amides is 1. The van der Waals surface area contributed by atoms with Crippen LogP contribution in [0.3, 0.4) is 0 Å². The molecular formula is C30H23BrN2O2S. The molecule has 0 radical (unpaired) electrons. The van der Waals surface area contributed by atoms with Gasteiger partial charge in [0, 0.05) is 10.0 Å². The highest BCUT2D eigenvalue weighted by Gasteiger charge is 2.35. The van der Waals surface area contributed by atoms with E-state index in [4.69, 9.17) is 9.73 Å². The summed E-state index contributed by atoms with van der Waals surface area (Å²) in [6.45, 7) is 2.50. The van der Waals surface area contributed by atoms with Gasteiger partial charge in [-0.3, -0.25) is 9.69 Å². The van der Waals surface area contributed by atoms with E-state index in [1.807, 2.05) is 84.9 Å². The van der Waals surface area contributed by atoms with Gasteiger partial charge in [-0.25, -0.2) is 4.99 Å². The number of amidine groups is 1. The Morgan fingerprint density at radius 3 is 2.33 bits per heavy atom. The number of anilines is 1. The summed E-state index contributed by atoms with van der Waals surface area (Å²) in [5.74, 6) is 0.588. The molecule has 1 heterocycles. The SMILES string of the molecule is Cc1ccc(COc2ccc(Br)cc2/C=C2/SC(=Nc3ccccc3)N(c3ccccc3)C2=O)cc1. The van der Waals surface area contributed by atoms with E-state index in [2.05, 4.69) is 47.1 Å². The third-order valence-corrected chi connectivity index (χ3v) is 7.04. The predicted molar refractivity (Wildman–Crippen MR) is 153 cm³/mol. The molecule has 4 aromatic carbocycles. The second-order valence-corrected chi connectivity index (χ2v) is 10.2. The first-order valence-corrected chi connectivity index (χ1v) is 13.1. The normalized spacial score (nSPS) is 15.6. The molecule has 1 saturated heterocycles. The lowest BCUT2D eigenvalue weighted by Gasteiger charge is -2.15. The third-order valence-electron chi connectivity index (χ3n) is 5.58. The van der Waals surface area contributed by atoms with Gasteiger partial charge in [-0.2, -0.15) is 0 Å². The van der Waals surface area contributed by atoms with Crippen molar-refractivity contribution in [3.05, 3.63) is 129 Å². The summed E-state index contributed by atoms with van der Waals surface area (Å²) in [6.07, 6.45) is 1.88. The minimum atomic E-state index is -0.120. The van der Waals surface area contributed by atoms with Crippen LogP contribution < -0.4 is 9.64 Å². The van der Waals surface area contributed by atoms with Crippen molar-refractivity contribution in [2.24, 2.45) is 4.99 Å². The maximum Gasteiger partial charge on any atom is 0.271 e. The number of aryl methyl sites for hydroxylation is 1. The summed E-state index contributed by atoms with van der Waals surface area (Å²) < 4.78 is 7.08. The lowest BCUT2D eigenvalue weighted by atomic mass is 10.1. The van der Waals surface area contributed by atoms with Crippen LogP contribution >= 0.6 is 27.7 Å². The van der Waals surface area contributed by atoms with Crippen LogP contribution in [-0.2, 0) is 11.4 Å². The van der Waals surface area contributed by atoms with E-state index in [9.17, 15) is 4.79 Å². The smallest absolute Gasteiger partial charge is 0.271 e. The molecule has 4 nitrogen and oxygen atoms in total. The number of carbonyl (C=O) groups excluding carboxylic acids is 1. The van der Waals surface area contributed by atoms with E-state index in [-0.39, 0.29) is 5.91 Å². The molecule has 0 unspecified atom stereocenters. The monoisotopic (exact) mass is 554 g/mol. The molecule has 0 atom stereocenters. The molecule has 0 aromatic heterocycles. The largest absolute Gasteiger partial charge is 0.488 e. The lowest BCUT2D eigenvalue weighted by Crippen LogP contribution is -2.28. The van der Waals surface area contributed by atoms with Gasteiger partial charge in [0.15, 0.2) is 5.17 Å². The van der Waals surface area contributed by atoms with E-state index < -0.39 is 0 Å². The van der Waals surface area contributed by atoms with Gasteiger partial charge >= 0.3 is 0 Å². The van der Waals surface area contributed by atoms with Crippen LogP contribution in [-0.4, -0.2) is 11.1 Å². The number of hydrogen-bond acceptors (Lipinski definition) is 4. The first-order chi connectivity index (χ1) is 17.6. The Balaban J connectivity index is 1.49. The first-order valence-electron chi connectivity index (χ1n) is 11.5. The highest BCUT2D eigenvalue weighted by atomic mass is 79.9. The third kappa shape index (κ3) is 5.61. The zero-order chi connectivity index (χ0) is 24.9. The molecular weight excluding hydrogens is 532 g/mol. The van der Waals surface area contributed by atoms with Gasteiger partial charge < -0.3 is 4.74 Å². The number of thioether (sulfide) groups is 1. The Morgan fingerprint density at radius 2 is 1.61 bits per heavy atom. The van der Waals surface area contributed by atoms with Crippen molar-refractivity contribution < 1.29 is 9.53 Å². The summed E-state index contributed by atoms with van der Waals surface area (Å²) in [6, 6.07) is 33.3. The fourth-order valence-corrected chi connectivity index (χ4v) is 5.09. The number of aliphatic imine (C=N–C) groups is 1. The average Bonchev–Trinajstić information content (AvgIpc) is 3.19. The minimum absolute atomic E-state index is 0.120. The average molecular weight is 555 g/mol. The number of nitrogens with zero attached hydrogens (tertiary/aromatic N) is 2. The Hall–Kier alpha value is -3.61. The van der Waals surface area contributed by atoms with Gasteiger partial charge in [0.25, 0.3) is 5.91 Å². The molecule has 0 saturated carbocycles. The molecule has 1 amide bonds. The van der Waals surface area contributed by atoms with Crippen LogP contribution in [0.1, 0.15) is 16.7 Å². The van der Waals surface area contributed by atoms with Gasteiger partial charge in [0.1, 0.15) is 12.4 Å². The van der Waals surface area contributed by atoms with Crippen LogP contribution in [0.25, 0.3) is 6.08 Å². The Morgan fingerprint density at radius 1 is 0.917 bits per heavy atom. The molecule has 0 N–H and O–H groups in total. The van der Waals surface area contributed by atoms with Crippen molar-refractivity contribution in [1.29, 1.82) is 0 Å². The number of halogens is 1. The van der Waals surface area contributed by atoms with Gasteiger partial charge in [0.2, 0.25) is 0 Å². The lowest BCUT2D eigenvalue weighted by molar-refractivity contribution is -0.113. The molecule has 0 aliphatic carbocycles. The van der Waals surface area contributed by atoms with Gasteiger partial charge in [0.05, 0.1) is 16.3 Å². The summed E-state index contributed by atoms with van der Waals surface area (Å²) in [5, 5.41) is 0.612. The second kappa shape index (κ2) is 11.0. The maximum absolute atomic E-state index is 13.6. The van der Waals surface area contributed by atoms with E-state index in [0.717, 1.165) is 27.0 Å². The zero-order valence-corrected chi connectivity index (χ0v) is 22.0. The summed E-state index contributed by atoms with van der Waals surface area (Å²) >= 11 is 4.92. The van der Waals surface area contributed by atoms with E-state index in [1.165, 1.54) is 17.3 Å². The van der Waals surface area contributed by atoms with Crippen molar-refractivity contribution in [2.45, 2.75) is 13.5 Å². The van der Waals surface area contributed by atoms with E-state index in [1.54, 1.807) is 4.90 Å². The van der Waals surface area contributed by atoms with Crippen LogP contribution in [0.2, 0.25) is 0 Å². The van der Waals surface area contributed by atoms with Crippen LogP contribution in [0.5, 0.6) is 5.75 Å². The molecule has 6 heteroatoms. The molecule has 1 aliphatic heterocycles. The Labute approximate surface area is 223 Å². The number of ether oxygens (including phenoxy) is 1. The highest BCUT2D eigenvalue weighted by Crippen LogP contribution is 2.38. The van der Waals surface area contributed by atoms with Gasteiger partial charge in [-0.05, 0) is 72.8 Å².